The quantitative estimate of drug-likeness (QED) is 0.651. The monoisotopic (exact) mass is 199 g/mol. The van der Waals surface area contributed by atoms with Gasteiger partial charge in [0.25, 0.3) is 0 Å². The number of aldehydes is 1. The molecule has 1 rings (SSSR count). The van der Waals surface area contributed by atoms with Gasteiger partial charge in [0.2, 0.25) is 5.95 Å². The van der Waals surface area contributed by atoms with Crippen LogP contribution < -0.4 is 0 Å². The highest BCUT2D eigenvalue weighted by atomic mass is 19.1. The van der Waals surface area contributed by atoms with E-state index in [2.05, 4.69) is 10.3 Å². The van der Waals surface area contributed by atoms with Crippen molar-refractivity contribution < 1.29 is 9.18 Å². The van der Waals surface area contributed by atoms with E-state index in [0.717, 1.165) is 31.7 Å². The van der Waals surface area contributed by atoms with Gasteiger partial charge in [-0.15, -0.1) is 5.10 Å². The van der Waals surface area contributed by atoms with Gasteiger partial charge in [0.1, 0.15) is 12.5 Å². The lowest BCUT2D eigenvalue weighted by atomic mass is 10.0. The maximum absolute atomic E-state index is 12.8. The summed E-state index contributed by atoms with van der Waals surface area (Å²) in [5, 5.41) is 7.00. The van der Waals surface area contributed by atoms with Gasteiger partial charge in [-0.3, -0.25) is 0 Å². The second kappa shape index (κ2) is 5.47. The maximum atomic E-state index is 12.8. The van der Waals surface area contributed by atoms with Crippen LogP contribution in [0.3, 0.4) is 0 Å². The topological polar surface area (TPSA) is 47.8 Å². The summed E-state index contributed by atoms with van der Waals surface area (Å²) in [6, 6.07) is 0. The standard InChI is InChI=1S/C9H14FN3O/c1-2-8(7-14)4-3-5-13-9(10)6-11-12-13/h6-8H,2-5H2,1H3. The predicted octanol–water partition coefficient (Wildman–Crippen LogP) is 1.42. The van der Waals surface area contributed by atoms with Gasteiger partial charge >= 0.3 is 0 Å². The molecule has 1 aromatic heterocycles. The van der Waals surface area contributed by atoms with Crippen molar-refractivity contribution in [2.45, 2.75) is 32.7 Å². The molecular weight excluding hydrogens is 185 g/mol. The molecule has 4 nitrogen and oxygen atoms in total. The highest BCUT2D eigenvalue weighted by Gasteiger charge is 2.06. The molecule has 0 spiro atoms. The minimum atomic E-state index is -0.427. The summed E-state index contributed by atoms with van der Waals surface area (Å²) in [6.07, 6.45) is 4.40. The van der Waals surface area contributed by atoms with Gasteiger partial charge in [-0.05, 0) is 19.3 Å². The van der Waals surface area contributed by atoms with E-state index in [0.29, 0.717) is 6.54 Å². The fourth-order valence-electron chi connectivity index (χ4n) is 1.27. The number of carbonyl (C=O) groups excluding carboxylic acids is 1. The fraction of sp³-hybridized carbons (Fsp3) is 0.667. The minimum Gasteiger partial charge on any atom is -0.303 e. The highest BCUT2D eigenvalue weighted by molar-refractivity contribution is 5.53. The molecule has 0 fully saturated rings. The van der Waals surface area contributed by atoms with Crippen molar-refractivity contribution in [1.82, 2.24) is 15.0 Å². The third kappa shape index (κ3) is 2.90. The summed E-state index contributed by atoms with van der Waals surface area (Å²) in [5.41, 5.74) is 0. The smallest absolute Gasteiger partial charge is 0.231 e. The van der Waals surface area contributed by atoms with Gasteiger partial charge in [-0.1, -0.05) is 12.1 Å². The Bertz CT molecular complexity index is 287. The van der Waals surface area contributed by atoms with Crippen LogP contribution in [0.5, 0.6) is 0 Å². The zero-order chi connectivity index (χ0) is 10.4. The van der Waals surface area contributed by atoms with Gasteiger partial charge in [0, 0.05) is 12.5 Å². The van der Waals surface area contributed by atoms with E-state index in [-0.39, 0.29) is 5.92 Å². The summed E-state index contributed by atoms with van der Waals surface area (Å²) in [4.78, 5) is 10.5. The van der Waals surface area contributed by atoms with E-state index >= 15 is 0 Å². The van der Waals surface area contributed by atoms with Crippen LogP contribution in [0.1, 0.15) is 26.2 Å². The average Bonchev–Trinajstić information content (AvgIpc) is 2.59. The second-order valence-electron chi connectivity index (χ2n) is 3.23. The first-order chi connectivity index (χ1) is 6.77. The first kappa shape index (κ1) is 10.8. The number of hydrogen-bond donors (Lipinski definition) is 0. The number of aromatic nitrogens is 3. The molecule has 0 aliphatic heterocycles. The lowest BCUT2D eigenvalue weighted by Gasteiger charge is -2.06. The summed E-state index contributed by atoms with van der Waals surface area (Å²) < 4.78 is 14.0. The van der Waals surface area contributed by atoms with E-state index in [4.69, 9.17) is 0 Å². The van der Waals surface area contributed by atoms with E-state index in [1.165, 1.54) is 4.68 Å². The first-order valence-corrected chi connectivity index (χ1v) is 4.77. The van der Waals surface area contributed by atoms with E-state index in [1.807, 2.05) is 6.92 Å². The molecule has 78 valence electrons. The lowest BCUT2D eigenvalue weighted by Crippen LogP contribution is -2.07. The number of rotatable bonds is 6. The Morgan fingerprint density at radius 3 is 3.00 bits per heavy atom. The number of hydrogen-bond acceptors (Lipinski definition) is 3. The first-order valence-electron chi connectivity index (χ1n) is 4.77. The van der Waals surface area contributed by atoms with Crippen LogP contribution >= 0.6 is 0 Å². The van der Waals surface area contributed by atoms with Gasteiger partial charge in [-0.25, -0.2) is 4.68 Å². The zero-order valence-corrected chi connectivity index (χ0v) is 8.19. The van der Waals surface area contributed by atoms with E-state index in [9.17, 15) is 9.18 Å². The second-order valence-corrected chi connectivity index (χ2v) is 3.23. The molecule has 1 aromatic rings. The van der Waals surface area contributed by atoms with Crippen LogP contribution in [0.2, 0.25) is 0 Å². The summed E-state index contributed by atoms with van der Waals surface area (Å²) >= 11 is 0. The molecule has 14 heavy (non-hydrogen) atoms. The molecule has 1 heterocycles. The Morgan fingerprint density at radius 1 is 1.71 bits per heavy atom. The van der Waals surface area contributed by atoms with Gasteiger partial charge < -0.3 is 4.79 Å². The molecule has 0 bridgehead atoms. The maximum Gasteiger partial charge on any atom is 0.231 e. The van der Waals surface area contributed by atoms with Crippen molar-refractivity contribution in [3.8, 4) is 0 Å². The van der Waals surface area contributed by atoms with Gasteiger partial charge in [-0.2, -0.15) is 4.39 Å². The van der Waals surface area contributed by atoms with Crippen LogP contribution in [0, 0.1) is 11.9 Å². The third-order valence-electron chi connectivity index (χ3n) is 2.23. The molecule has 0 amide bonds. The molecule has 1 atom stereocenters. The van der Waals surface area contributed by atoms with Crippen molar-refractivity contribution in [3.63, 3.8) is 0 Å². The number of carbonyl (C=O) groups is 1. The molecule has 0 saturated carbocycles. The normalized spacial score (nSPS) is 12.7. The molecule has 0 N–H and O–H groups in total. The van der Waals surface area contributed by atoms with Crippen molar-refractivity contribution >= 4 is 6.29 Å². The molecular formula is C9H14FN3O. The SMILES string of the molecule is CCC(C=O)CCCn1nncc1F. The Kier molecular flexibility index (Phi) is 4.22. The predicted molar refractivity (Wildman–Crippen MR) is 49.1 cm³/mol. The molecule has 0 radical (unpaired) electrons. The minimum absolute atomic E-state index is 0.0848. The summed E-state index contributed by atoms with van der Waals surface area (Å²) in [5.74, 6) is -0.342. The Labute approximate surface area is 82.1 Å². The van der Waals surface area contributed by atoms with Crippen molar-refractivity contribution in [2.24, 2.45) is 5.92 Å². The molecule has 0 aliphatic rings. The Morgan fingerprint density at radius 2 is 2.50 bits per heavy atom. The molecule has 0 aromatic carbocycles. The summed E-state index contributed by atoms with van der Waals surface area (Å²) in [6.45, 7) is 2.45. The van der Waals surface area contributed by atoms with Gasteiger partial charge in [0.05, 0.1) is 0 Å². The van der Waals surface area contributed by atoms with Crippen LogP contribution in [-0.2, 0) is 11.3 Å². The number of nitrogens with zero attached hydrogens (tertiary/aromatic N) is 3. The average molecular weight is 199 g/mol. The fourth-order valence-corrected chi connectivity index (χ4v) is 1.27. The van der Waals surface area contributed by atoms with E-state index < -0.39 is 5.95 Å². The highest BCUT2D eigenvalue weighted by Crippen LogP contribution is 2.08. The van der Waals surface area contributed by atoms with Crippen molar-refractivity contribution in [3.05, 3.63) is 12.1 Å². The largest absolute Gasteiger partial charge is 0.303 e. The van der Waals surface area contributed by atoms with Gasteiger partial charge in [0.15, 0.2) is 0 Å². The lowest BCUT2D eigenvalue weighted by molar-refractivity contribution is -0.111. The van der Waals surface area contributed by atoms with Crippen molar-refractivity contribution in [2.75, 3.05) is 0 Å². The molecule has 1 unspecified atom stereocenters. The Balaban J connectivity index is 2.28. The number of aryl methyl sites for hydroxylation is 1. The van der Waals surface area contributed by atoms with Crippen LogP contribution in [0.15, 0.2) is 6.20 Å². The van der Waals surface area contributed by atoms with Crippen LogP contribution in [0.4, 0.5) is 4.39 Å². The zero-order valence-electron chi connectivity index (χ0n) is 8.19. The third-order valence-corrected chi connectivity index (χ3v) is 2.23. The van der Waals surface area contributed by atoms with Crippen molar-refractivity contribution in [1.29, 1.82) is 0 Å². The Hall–Kier alpha value is -1.26. The van der Waals surface area contributed by atoms with Crippen LogP contribution in [0.25, 0.3) is 0 Å². The molecule has 0 aliphatic carbocycles. The van der Waals surface area contributed by atoms with Crippen LogP contribution in [-0.4, -0.2) is 21.3 Å². The summed E-state index contributed by atoms with van der Waals surface area (Å²) in [7, 11) is 0. The molecule has 0 saturated heterocycles. The molecule has 5 heteroatoms. The van der Waals surface area contributed by atoms with E-state index in [1.54, 1.807) is 0 Å². The number of halogens is 1.